The molecule has 2 aromatic rings. The minimum Gasteiger partial charge on any atom is -0.243 e. The molecule has 94 valence electrons. The van der Waals surface area contributed by atoms with Crippen LogP contribution in [0.4, 0.5) is 19.1 Å². The Kier molecular flexibility index (Phi) is 3.22. The Morgan fingerprint density at radius 3 is 2.72 bits per heavy atom. The summed E-state index contributed by atoms with van der Waals surface area (Å²) in [6, 6.07) is 5.09. The van der Waals surface area contributed by atoms with Crippen molar-refractivity contribution in [2.75, 3.05) is 5.43 Å². The van der Waals surface area contributed by atoms with Crippen LogP contribution in [0.25, 0.3) is 0 Å². The van der Waals surface area contributed by atoms with Crippen molar-refractivity contribution in [3.8, 4) is 0 Å². The maximum absolute atomic E-state index is 12.6. The summed E-state index contributed by atoms with van der Waals surface area (Å²) in [7, 11) is 0. The lowest BCUT2D eigenvalue weighted by atomic mass is 10.1. The molecule has 0 amide bonds. The molecule has 0 unspecified atom stereocenters. The molecule has 0 atom stereocenters. The van der Waals surface area contributed by atoms with Gasteiger partial charge in [0.25, 0.3) is 5.95 Å². The first-order valence-electron chi connectivity index (χ1n) is 4.76. The predicted octanol–water partition coefficient (Wildman–Crippen LogP) is 1.66. The van der Waals surface area contributed by atoms with Crippen molar-refractivity contribution in [1.82, 2.24) is 20.6 Å². The number of hydrazone groups is 1. The molecule has 0 saturated heterocycles. The van der Waals surface area contributed by atoms with Crippen LogP contribution in [0.5, 0.6) is 0 Å². The Morgan fingerprint density at radius 1 is 1.28 bits per heavy atom. The zero-order valence-electron chi connectivity index (χ0n) is 8.81. The first-order valence-corrected chi connectivity index (χ1v) is 4.76. The second kappa shape index (κ2) is 4.82. The summed E-state index contributed by atoms with van der Waals surface area (Å²) in [5.41, 5.74) is 1.52. The summed E-state index contributed by atoms with van der Waals surface area (Å²) >= 11 is 0. The van der Waals surface area contributed by atoms with Crippen molar-refractivity contribution in [3.63, 3.8) is 0 Å². The van der Waals surface area contributed by atoms with Gasteiger partial charge in [-0.05, 0) is 11.3 Å². The van der Waals surface area contributed by atoms with Crippen molar-refractivity contribution in [3.05, 3.63) is 35.4 Å². The van der Waals surface area contributed by atoms with Gasteiger partial charge in [-0.1, -0.05) is 23.3 Å². The molecule has 0 bridgehead atoms. The first kappa shape index (κ1) is 12.0. The van der Waals surface area contributed by atoms with Gasteiger partial charge in [0.2, 0.25) is 0 Å². The molecule has 0 fully saturated rings. The SMILES string of the molecule is FC(F)(F)c1ccccc1/C=N/Nc1nn[nH]n1. The van der Waals surface area contributed by atoms with Gasteiger partial charge >= 0.3 is 6.18 Å². The fourth-order valence-electron chi connectivity index (χ4n) is 1.24. The van der Waals surface area contributed by atoms with E-state index in [4.69, 9.17) is 0 Å². The van der Waals surface area contributed by atoms with Gasteiger partial charge in [-0.15, -0.1) is 5.10 Å². The number of aromatic nitrogens is 4. The van der Waals surface area contributed by atoms with E-state index in [1.807, 2.05) is 0 Å². The normalized spacial score (nSPS) is 11.9. The summed E-state index contributed by atoms with van der Waals surface area (Å²) in [4.78, 5) is 0. The van der Waals surface area contributed by atoms with Crippen LogP contribution in [0, 0.1) is 0 Å². The number of H-pyrrole nitrogens is 1. The molecule has 6 nitrogen and oxygen atoms in total. The van der Waals surface area contributed by atoms with Crippen molar-refractivity contribution in [2.24, 2.45) is 5.10 Å². The zero-order chi connectivity index (χ0) is 13.0. The molecule has 1 heterocycles. The van der Waals surface area contributed by atoms with Gasteiger partial charge < -0.3 is 0 Å². The van der Waals surface area contributed by atoms with Crippen LogP contribution in [0.3, 0.4) is 0 Å². The number of hydrogen-bond donors (Lipinski definition) is 2. The molecule has 1 aromatic carbocycles. The maximum atomic E-state index is 12.6. The molecule has 2 N–H and O–H groups in total. The van der Waals surface area contributed by atoms with E-state index >= 15 is 0 Å². The lowest BCUT2D eigenvalue weighted by Crippen LogP contribution is -2.08. The van der Waals surface area contributed by atoms with Crippen molar-refractivity contribution >= 4 is 12.2 Å². The summed E-state index contributed by atoms with van der Waals surface area (Å²) in [5.74, 6) is 0.0655. The summed E-state index contributed by atoms with van der Waals surface area (Å²) in [6.07, 6.45) is -3.38. The molecular weight excluding hydrogens is 249 g/mol. The second-order valence-corrected chi connectivity index (χ2v) is 3.19. The molecule has 0 spiro atoms. The van der Waals surface area contributed by atoms with E-state index < -0.39 is 11.7 Å². The fourth-order valence-corrected chi connectivity index (χ4v) is 1.24. The number of tetrazole rings is 1. The average Bonchev–Trinajstić information content (AvgIpc) is 2.81. The number of anilines is 1. The number of aromatic amines is 1. The Balaban J connectivity index is 2.16. The van der Waals surface area contributed by atoms with Gasteiger partial charge in [0.05, 0.1) is 11.8 Å². The number of halogens is 3. The van der Waals surface area contributed by atoms with Crippen molar-refractivity contribution < 1.29 is 13.2 Å². The molecule has 2 rings (SSSR count). The lowest BCUT2D eigenvalue weighted by Gasteiger charge is -2.08. The Labute approximate surface area is 98.9 Å². The first-order chi connectivity index (χ1) is 8.57. The molecule has 0 aliphatic rings. The third-order valence-electron chi connectivity index (χ3n) is 1.98. The standard InChI is InChI=1S/C9H7F3N6/c10-9(11,12)7-4-2-1-3-6(7)5-13-14-8-15-17-18-16-8/h1-5H,(H2,14,15,16,17,18)/b13-5+. The molecule has 9 heteroatoms. The van der Waals surface area contributed by atoms with Gasteiger partial charge in [-0.2, -0.15) is 23.5 Å². The molecule has 0 saturated carbocycles. The van der Waals surface area contributed by atoms with Gasteiger partial charge in [-0.3, -0.25) is 0 Å². The van der Waals surface area contributed by atoms with E-state index in [1.54, 1.807) is 0 Å². The highest BCUT2D eigenvalue weighted by atomic mass is 19.4. The molecule has 0 aliphatic carbocycles. The van der Waals surface area contributed by atoms with E-state index in [2.05, 4.69) is 31.2 Å². The quantitative estimate of drug-likeness (QED) is 0.646. The minimum atomic E-state index is -4.42. The number of benzene rings is 1. The molecule has 0 aliphatic heterocycles. The largest absolute Gasteiger partial charge is 0.417 e. The van der Waals surface area contributed by atoms with Crippen LogP contribution in [0.1, 0.15) is 11.1 Å². The lowest BCUT2D eigenvalue weighted by molar-refractivity contribution is -0.137. The molecule has 1 aromatic heterocycles. The van der Waals surface area contributed by atoms with Crippen LogP contribution in [-0.4, -0.2) is 26.8 Å². The van der Waals surface area contributed by atoms with E-state index in [-0.39, 0.29) is 11.5 Å². The average molecular weight is 256 g/mol. The number of hydrogen-bond acceptors (Lipinski definition) is 5. The van der Waals surface area contributed by atoms with E-state index in [0.717, 1.165) is 12.3 Å². The van der Waals surface area contributed by atoms with Crippen LogP contribution >= 0.6 is 0 Å². The minimum absolute atomic E-state index is 0.0546. The van der Waals surface area contributed by atoms with Crippen LogP contribution < -0.4 is 5.43 Å². The Hall–Kier alpha value is -2.45. The second-order valence-electron chi connectivity index (χ2n) is 3.19. The smallest absolute Gasteiger partial charge is 0.243 e. The summed E-state index contributed by atoms with van der Waals surface area (Å²) < 4.78 is 37.9. The van der Waals surface area contributed by atoms with E-state index in [1.165, 1.54) is 18.2 Å². The van der Waals surface area contributed by atoms with Crippen molar-refractivity contribution in [2.45, 2.75) is 6.18 Å². The summed E-state index contributed by atoms with van der Waals surface area (Å²) in [6.45, 7) is 0. The topological polar surface area (TPSA) is 78.9 Å². The third kappa shape index (κ3) is 2.81. The monoisotopic (exact) mass is 256 g/mol. The van der Waals surface area contributed by atoms with Crippen molar-refractivity contribution in [1.29, 1.82) is 0 Å². The third-order valence-corrected chi connectivity index (χ3v) is 1.98. The highest BCUT2D eigenvalue weighted by Gasteiger charge is 2.32. The van der Waals surface area contributed by atoms with Crippen LogP contribution in [0.15, 0.2) is 29.4 Å². The number of nitrogens with one attached hydrogen (secondary N) is 2. The summed E-state index contributed by atoms with van der Waals surface area (Å²) in [5, 5.41) is 16.1. The molecule has 0 radical (unpaired) electrons. The molecular formula is C9H7F3N6. The number of nitrogens with zero attached hydrogens (tertiary/aromatic N) is 4. The highest BCUT2D eigenvalue weighted by molar-refractivity contribution is 5.82. The van der Waals surface area contributed by atoms with Gasteiger partial charge in [0.15, 0.2) is 0 Å². The van der Waals surface area contributed by atoms with E-state index in [0.29, 0.717) is 0 Å². The maximum Gasteiger partial charge on any atom is 0.417 e. The predicted molar refractivity (Wildman–Crippen MR) is 56.8 cm³/mol. The van der Waals surface area contributed by atoms with Crippen LogP contribution in [0.2, 0.25) is 0 Å². The van der Waals surface area contributed by atoms with Gasteiger partial charge in [0.1, 0.15) is 0 Å². The number of rotatable bonds is 3. The van der Waals surface area contributed by atoms with Crippen LogP contribution in [-0.2, 0) is 6.18 Å². The zero-order valence-corrected chi connectivity index (χ0v) is 8.81. The Bertz CT molecular complexity index is 533. The highest BCUT2D eigenvalue weighted by Crippen LogP contribution is 2.30. The van der Waals surface area contributed by atoms with E-state index in [9.17, 15) is 13.2 Å². The number of alkyl halides is 3. The fraction of sp³-hybridized carbons (Fsp3) is 0.111. The molecule has 18 heavy (non-hydrogen) atoms. The van der Waals surface area contributed by atoms with Gasteiger partial charge in [-0.25, -0.2) is 5.43 Å². The van der Waals surface area contributed by atoms with Gasteiger partial charge in [0, 0.05) is 5.56 Å². The Morgan fingerprint density at radius 2 is 2.06 bits per heavy atom.